The van der Waals surface area contributed by atoms with Gasteiger partial charge >= 0.3 is 0 Å². The Kier molecular flexibility index (Phi) is 25.8. The van der Waals surface area contributed by atoms with Crippen molar-refractivity contribution < 1.29 is 80.5 Å². The van der Waals surface area contributed by atoms with E-state index in [9.17, 15) is 67.2 Å². The number of aromatic nitrogens is 3. The molecule has 0 atom stereocenters. The second kappa shape index (κ2) is 33.8. The van der Waals surface area contributed by atoms with Crippen molar-refractivity contribution in [3.05, 3.63) is 195 Å². The Morgan fingerprint density at radius 1 is 0.376 bits per heavy atom. The number of fused-ring (bicyclic) bond motifs is 6. The highest BCUT2D eigenvalue weighted by atomic mass is 32.3. The van der Waals surface area contributed by atoms with E-state index in [0.29, 0.717) is 56.8 Å². The number of nitrogen functional groups attached to an aromatic ring is 1. The molecular weight excluding hydrogens is 1610 g/mol. The van der Waals surface area contributed by atoms with Crippen LogP contribution in [0.3, 0.4) is 0 Å². The summed E-state index contributed by atoms with van der Waals surface area (Å²) in [5, 5.41) is 0.974. The number of anilines is 3. The van der Waals surface area contributed by atoms with Crippen molar-refractivity contribution in [3.8, 4) is 17.2 Å². The maximum absolute atomic E-state index is 14.2. The molecular formula is C84H102F3N9O15S3Si3. The topological polar surface area (TPSA) is 322 Å². The average Bonchev–Trinajstić information content (AvgIpc) is 1.61. The van der Waals surface area contributed by atoms with Crippen LogP contribution in [0.2, 0.25) is 49.9 Å². The molecule has 0 radical (unpaired) electrons. The van der Waals surface area contributed by atoms with Gasteiger partial charge in [0.05, 0.1) is 88.8 Å². The minimum Gasteiger partial charge on any atom is -0.541 e. The van der Waals surface area contributed by atoms with Crippen LogP contribution in [0.4, 0.5) is 30.2 Å². The number of benzene rings is 6. The number of hydrogen-bond donors (Lipinski definition) is 2. The molecule has 0 saturated carbocycles. The van der Waals surface area contributed by atoms with Gasteiger partial charge in [0.2, 0.25) is 30.1 Å². The molecule has 12 rings (SSSR count). The van der Waals surface area contributed by atoms with Gasteiger partial charge in [-0.15, -0.1) is 0 Å². The fourth-order valence-corrected chi connectivity index (χ4v) is 37.3. The van der Waals surface area contributed by atoms with Gasteiger partial charge in [-0.2, -0.15) is 3.71 Å². The van der Waals surface area contributed by atoms with Crippen LogP contribution in [0.1, 0.15) is 203 Å². The number of amides is 6. The first-order valence-electron chi connectivity index (χ1n) is 38.7. The standard InChI is InChI=1S/C29H36FN3O7S2Si.C28H34FN3O5SSi.C27H32FN3O3Si/c1-17(2)43(18(3)4,19(5)6)40-27-24-23(28(34)32(29(24)35)16-20-11-13-21(30)14-12-20)26(22-10-9-15-31-25(22)27)33(41(7,36)37)42(8,38)39;1-16(2)39(17(3)4,18(5)6)37-26-23-22(24(31-38(7,35)36)21-9-8-14-30-25(21)26)27(33)32(28(23)34)15-19-10-12-20(29)13-11-19;1-15(2)35(16(3)4,17(5)6)34-25-22-21(23(29)20-8-7-13-30-24(20)25)26(32)31(27(22)33)14-18-9-11-19(28)12-10-18/h9-15,17-19H,16H2,1-8H3;8-14,16-18,31H,15H2,1-7H3;7-13,15-17H,14,29H2,1-6H3. The van der Waals surface area contributed by atoms with E-state index in [1.807, 2.05) is 41.5 Å². The fourth-order valence-electron chi connectivity index (χ4n) is 17.9. The highest BCUT2D eigenvalue weighted by molar-refractivity contribution is 8.09. The summed E-state index contributed by atoms with van der Waals surface area (Å²) in [4.78, 5) is 100. The number of imide groups is 3. The van der Waals surface area contributed by atoms with Crippen LogP contribution in [0.15, 0.2) is 128 Å². The number of nitrogens with two attached hydrogens (primary N) is 1. The van der Waals surface area contributed by atoms with E-state index in [0.717, 1.165) is 21.0 Å². The van der Waals surface area contributed by atoms with E-state index in [1.54, 1.807) is 48.8 Å². The van der Waals surface area contributed by atoms with Crippen LogP contribution in [0, 0.1) is 17.5 Å². The molecule has 624 valence electrons. The summed E-state index contributed by atoms with van der Waals surface area (Å²) in [6.45, 7) is 37.5. The van der Waals surface area contributed by atoms with Crippen molar-refractivity contribution >= 4 is 140 Å². The molecule has 24 nitrogen and oxygen atoms in total. The Morgan fingerprint density at radius 2 is 0.632 bits per heavy atom. The smallest absolute Gasteiger partial charge is 0.265 e. The second-order valence-corrected chi connectivity index (χ2v) is 54.7. The summed E-state index contributed by atoms with van der Waals surface area (Å²) in [7, 11) is -20.9. The number of pyridine rings is 3. The quantitative estimate of drug-likeness (QED) is 0.0289. The molecule has 6 aromatic carbocycles. The predicted octanol–water partition coefficient (Wildman–Crippen LogP) is 17.9. The van der Waals surface area contributed by atoms with Crippen molar-refractivity contribution in [2.24, 2.45) is 0 Å². The molecule has 3 N–H and O–H groups in total. The first-order valence-corrected chi connectivity index (χ1v) is 50.7. The first-order chi connectivity index (χ1) is 54.5. The molecule has 117 heavy (non-hydrogen) atoms. The summed E-state index contributed by atoms with van der Waals surface area (Å²) in [6, 6.07) is 26.3. The summed E-state index contributed by atoms with van der Waals surface area (Å²) in [5.74, 6) is -4.66. The van der Waals surface area contributed by atoms with E-state index in [-0.39, 0.29) is 141 Å². The van der Waals surface area contributed by atoms with E-state index in [4.69, 9.17) is 19.0 Å². The third-order valence-electron chi connectivity index (χ3n) is 22.6. The maximum atomic E-state index is 14.2. The Balaban J connectivity index is 0.000000186. The van der Waals surface area contributed by atoms with Gasteiger partial charge < -0.3 is 19.0 Å². The number of carbonyl (C=O) groups excluding carboxylic acids is 6. The van der Waals surface area contributed by atoms with Crippen molar-refractivity contribution in [2.45, 2.75) is 194 Å². The minimum atomic E-state index is -4.54. The summed E-state index contributed by atoms with van der Waals surface area (Å²) in [6.07, 6.45) is 7.02. The number of nitrogens with zero attached hydrogens (tertiary/aromatic N) is 7. The largest absolute Gasteiger partial charge is 0.541 e. The van der Waals surface area contributed by atoms with Crippen molar-refractivity contribution in [3.63, 3.8) is 0 Å². The van der Waals surface area contributed by atoms with Gasteiger partial charge in [0.25, 0.3) is 60.4 Å². The van der Waals surface area contributed by atoms with Gasteiger partial charge in [-0.3, -0.25) is 63.1 Å². The van der Waals surface area contributed by atoms with Crippen LogP contribution >= 0.6 is 0 Å². The minimum absolute atomic E-state index is 0.00159. The molecule has 0 bridgehead atoms. The maximum Gasteiger partial charge on any atom is 0.265 e. The SMILES string of the molecule is CC(C)[Si](Oc1c2c(c(N(S(C)(=O)=O)S(C)(=O)=O)c3cccnc13)C(=O)N(Cc1ccc(F)cc1)C2=O)(C(C)C)C(C)C.CC(C)[Si](Oc1c2c(c(N)c3cccnc13)C(=O)N(Cc1ccc(F)cc1)C2=O)(C(C)C)C(C)C.CC(C)[Si](Oc1c2c(c(NS(C)(=O)=O)c3cccnc13)C(=O)N(Cc1ccc(F)cc1)C2=O)(C(C)C)C(C)C. The highest BCUT2D eigenvalue weighted by Gasteiger charge is 2.55. The molecule has 9 aromatic rings. The Bertz CT molecular complexity index is 5710. The molecule has 3 aromatic heterocycles. The van der Waals surface area contributed by atoms with Crippen molar-refractivity contribution in [1.29, 1.82) is 0 Å². The molecule has 3 aliphatic heterocycles. The van der Waals surface area contributed by atoms with Gasteiger partial charge in [-0.05, 0) is 139 Å². The zero-order chi connectivity index (χ0) is 86.7. The summed E-state index contributed by atoms with van der Waals surface area (Å²) < 4.78 is 141. The second-order valence-electron chi connectivity index (χ2n) is 32.9. The zero-order valence-corrected chi connectivity index (χ0v) is 75.1. The third-order valence-corrected chi connectivity index (χ3v) is 44.3. The Morgan fingerprint density at radius 3 is 0.940 bits per heavy atom. The average molecular weight is 1720 g/mol. The summed E-state index contributed by atoms with van der Waals surface area (Å²) in [5.41, 5.74) is 9.67. The van der Waals surface area contributed by atoms with Gasteiger partial charge in [0, 0.05) is 34.7 Å². The van der Waals surface area contributed by atoms with E-state index in [2.05, 4.69) is 103 Å². The monoisotopic (exact) mass is 1710 g/mol. The van der Waals surface area contributed by atoms with Crippen LogP contribution in [-0.4, -0.2) is 134 Å². The molecule has 0 saturated heterocycles. The lowest BCUT2D eigenvalue weighted by molar-refractivity contribution is 0.0626. The molecule has 0 spiro atoms. The van der Waals surface area contributed by atoms with Gasteiger partial charge in [0.1, 0.15) is 51.3 Å². The van der Waals surface area contributed by atoms with Crippen LogP contribution in [0.25, 0.3) is 32.7 Å². The molecule has 0 aliphatic carbocycles. The molecule has 33 heteroatoms. The molecule has 3 aliphatic rings. The number of nitrogens with one attached hydrogen (secondary N) is 1. The van der Waals surface area contributed by atoms with E-state index < -0.39 is 113 Å². The number of rotatable bonds is 26. The predicted molar refractivity (Wildman–Crippen MR) is 457 cm³/mol. The molecule has 0 fully saturated rings. The number of sulfonamides is 3. The Hall–Kier alpha value is -9.94. The third kappa shape index (κ3) is 16.6. The van der Waals surface area contributed by atoms with E-state index in [1.165, 1.54) is 79.0 Å². The van der Waals surface area contributed by atoms with Crippen LogP contribution in [0.5, 0.6) is 17.2 Å². The lowest BCUT2D eigenvalue weighted by Crippen LogP contribution is -2.51. The summed E-state index contributed by atoms with van der Waals surface area (Å²) >= 11 is 0. The lowest BCUT2D eigenvalue weighted by Gasteiger charge is -2.42. The van der Waals surface area contributed by atoms with Gasteiger partial charge in [-0.1, -0.05) is 161 Å². The highest BCUT2D eigenvalue weighted by Crippen LogP contribution is 2.54. The van der Waals surface area contributed by atoms with E-state index >= 15 is 0 Å². The van der Waals surface area contributed by atoms with Crippen LogP contribution in [-0.2, 0) is 49.7 Å². The first kappa shape index (κ1) is 89.4. The number of hydrogen-bond acceptors (Lipinski definition) is 19. The molecule has 6 amide bonds. The van der Waals surface area contributed by atoms with Crippen LogP contribution < -0.4 is 27.4 Å². The number of halogens is 3. The molecule has 0 unspecified atom stereocenters. The molecule has 6 heterocycles. The number of carbonyl (C=O) groups is 6. The normalized spacial score (nSPS) is 14.2. The van der Waals surface area contributed by atoms with Gasteiger partial charge in [0.15, 0.2) is 0 Å². The van der Waals surface area contributed by atoms with Crippen molar-refractivity contribution in [2.75, 3.05) is 32.9 Å². The van der Waals surface area contributed by atoms with Crippen molar-refractivity contribution in [1.82, 2.24) is 29.7 Å². The Labute approximate surface area is 685 Å². The fraction of sp³-hybridized carbons (Fsp3) is 0.393. The lowest BCUT2D eigenvalue weighted by atomic mass is 10.0. The van der Waals surface area contributed by atoms with Gasteiger partial charge in [-0.25, -0.2) is 38.4 Å². The zero-order valence-electron chi connectivity index (χ0n) is 69.6.